The minimum atomic E-state index is -0.288. The van der Waals surface area contributed by atoms with Gasteiger partial charge < -0.3 is 10.2 Å². The molecule has 5 heteroatoms. The van der Waals surface area contributed by atoms with Crippen molar-refractivity contribution < 1.29 is 9.59 Å². The number of carbonyl (C=O) groups is 2. The largest absolute Gasteiger partial charge is 0.324 e. The topological polar surface area (TPSA) is 49.4 Å². The molecule has 0 saturated heterocycles. The second kappa shape index (κ2) is 5.81. The first-order valence-electron chi connectivity index (χ1n) is 7.03. The molecule has 1 heterocycles. The van der Waals surface area contributed by atoms with Crippen LogP contribution >= 0.6 is 11.6 Å². The predicted octanol–water partition coefficient (Wildman–Crippen LogP) is 3.58. The number of carbonyl (C=O) groups excluding carboxylic acids is 2. The summed E-state index contributed by atoms with van der Waals surface area (Å²) in [7, 11) is 0. The molecule has 0 bridgehead atoms. The van der Waals surface area contributed by atoms with Crippen molar-refractivity contribution in [2.24, 2.45) is 5.92 Å². The van der Waals surface area contributed by atoms with Crippen LogP contribution in [0.3, 0.4) is 0 Å². The van der Waals surface area contributed by atoms with Crippen LogP contribution in [-0.2, 0) is 4.79 Å². The third-order valence-corrected chi connectivity index (χ3v) is 3.95. The van der Waals surface area contributed by atoms with Crippen molar-refractivity contribution >= 4 is 34.8 Å². The second-order valence-corrected chi connectivity index (χ2v) is 5.77. The first-order chi connectivity index (χ1) is 10.6. The van der Waals surface area contributed by atoms with E-state index >= 15 is 0 Å². The van der Waals surface area contributed by atoms with Crippen molar-refractivity contribution in [3.63, 3.8) is 0 Å². The Morgan fingerprint density at radius 3 is 2.59 bits per heavy atom. The second-order valence-electron chi connectivity index (χ2n) is 5.33. The maximum Gasteiger partial charge on any atom is 0.258 e. The van der Waals surface area contributed by atoms with Gasteiger partial charge in [-0.05, 0) is 36.4 Å². The number of hydrogen-bond acceptors (Lipinski definition) is 2. The number of nitrogens with zero attached hydrogens (tertiary/aromatic N) is 1. The fraction of sp³-hybridized carbons (Fsp3) is 0.176. The molecule has 2 aromatic carbocycles. The highest BCUT2D eigenvalue weighted by Crippen LogP contribution is 2.31. The van der Waals surface area contributed by atoms with Crippen molar-refractivity contribution in [2.75, 3.05) is 16.8 Å². The molecule has 3 rings (SSSR count). The number of para-hydroxylation sites is 2. The molecule has 1 aliphatic rings. The van der Waals surface area contributed by atoms with Crippen molar-refractivity contribution in [1.82, 2.24) is 0 Å². The van der Waals surface area contributed by atoms with Gasteiger partial charge in [-0.1, -0.05) is 30.7 Å². The van der Waals surface area contributed by atoms with Crippen molar-refractivity contribution in [3.8, 4) is 0 Å². The average Bonchev–Trinajstić information content (AvgIpc) is 2.65. The molecule has 0 fully saturated rings. The number of halogens is 1. The molecular formula is C17H15ClN2O2. The molecule has 0 aromatic heterocycles. The molecule has 1 aliphatic heterocycles. The Bertz CT molecular complexity index is 728. The summed E-state index contributed by atoms with van der Waals surface area (Å²) in [5, 5.41) is 3.45. The van der Waals surface area contributed by atoms with Gasteiger partial charge in [0.1, 0.15) is 0 Å². The zero-order valence-corrected chi connectivity index (χ0v) is 12.8. The summed E-state index contributed by atoms with van der Waals surface area (Å²) in [6.45, 7) is 2.15. The molecular weight excluding hydrogens is 300 g/mol. The average molecular weight is 315 g/mol. The summed E-state index contributed by atoms with van der Waals surface area (Å²) in [6, 6.07) is 14.1. The zero-order chi connectivity index (χ0) is 15.7. The molecule has 0 aliphatic carbocycles. The Hall–Kier alpha value is -2.33. The van der Waals surface area contributed by atoms with E-state index in [-0.39, 0.29) is 17.7 Å². The standard InChI is InChI=1S/C17H15ClN2O2/c1-11-10-20(17(22)12-6-8-13(18)9-7-12)15-5-3-2-4-14(15)19-16(11)21/h2-9,11H,10H2,1H3,(H,19,21)/t11-/m0/s1. The summed E-state index contributed by atoms with van der Waals surface area (Å²) < 4.78 is 0. The van der Waals surface area contributed by atoms with Gasteiger partial charge in [-0.2, -0.15) is 0 Å². The Kier molecular flexibility index (Phi) is 3.86. The van der Waals surface area contributed by atoms with Crippen LogP contribution in [0.25, 0.3) is 0 Å². The van der Waals surface area contributed by atoms with Gasteiger partial charge in [-0.3, -0.25) is 9.59 Å². The van der Waals surface area contributed by atoms with Crippen LogP contribution in [0, 0.1) is 5.92 Å². The van der Waals surface area contributed by atoms with Crippen molar-refractivity contribution in [3.05, 3.63) is 59.1 Å². The van der Waals surface area contributed by atoms with E-state index in [0.717, 1.165) is 0 Å². The fourth-order valence-electron chi connectivity index (χ4n) is 2.47. The molecule has 2 amide bonds. The summed E-state index contributed by atoms with van der Waals surface area (Å²) in [6.07, 6.45) is 0. The Balaban J connectivity index is 2.02. The maximum atomic E-state index is 12.8. The third kappa shape index (κ3) is 2.70. The summed E-state index contributed by atoms with van der Waals surface area (Å²) in [5.41, 5.74) is 1.90. The monoisotopic (exact) mass is 314 g/mol. The highest BCUT2D eigenvalue weighted by atomic mass is 35.5. The SMILES string of the molecule is C[C@H]1CN(C(=O)c2ccc(Cl)cc2)c2ccccc2NC1=O. The van der Waals surface area contributed by atoms with E-state index in [0.29, 0.717) is 28.5 Å². The lowest BCUT2D eigenvalue weighted by molar-refractivity contribution is -0.119. The fourth-order valence-corrected chi connectivity index (χ4v) is 2.59. The lowest BCUT2D eigenvalue weighted by atomic mass is 10.1. The number of anilines is 2. The quantitative estimate of drug-likeness (QED) is 0.874. The molecule has 112 valence electrons. The van der Waals surface area contributed by atoms with Gasteiger partial charge in [0.2, 0.25) is 5.91 Å². The minimum absolute atomic E-state index is 0.0844. The molecule has 22 heavy (non-hydrogen) atoms. The molecule has 2 aromatic rings. The number of hydrogen-bond donors (Lipinski definition) is 1. The predicted molar refractivity (Wildman–Crippen MR) is 87.4 cm³/mol. The van der Waals surface area contributed by atoms with E-state index < -0.39 is 0 Å². The van der Waals surface area contributed by atoms with Gasteiger partial charge in [-0.25, -0.2) is 0 Å². The summed E-state index contributed by atoms with van der Waals surface area (Å²) >= 11 is 5.87. The number of rotatable bonds is 1. The number of benzene rings is 2. The Labute approximate surface area is 133 Å². The molecule has 0 spiro atoms. The molecule has 4 nitrogen and oxygen atoms in total. The van der Waals surface area contributed by atoms with Crippen LogP contribution in [0.15, 0.2) is 48.5 Å². The summed E-state index contributed by atoms with van der Waals surface area (Å²) in [5.74, 6) is -0.519. The molecule has 0 saturated carbocycles. The highest BCUT2D eigenvalue weighted by Gasteiger charge is 2.28. The zero-order valence-electron chi connectivity index (χ0n) is 12.0. The van der Waals surface area contributed by atoms with E-state index in [1.165, 1.54) is 0 Å². The first kappa shape index (κ1) is 14.6. The van der Waals surface area contributed by atoms with Crippen LogP contribution in [0.2, 0.25) is 5.02 Å². The highest BCUT2D eigenvalue weighted by molar-refractivity contribution is 6.30. The van der Waals surface area contributed by atoms with Gasteiger partial charge in [0.05, 0.1) is 17.3 Å². The number of fused-ring (bicyclic) bond motifs is 1. The van der Waals surface area contributed by atoms with Gasteiger partial charge >= 0.3 is 0 Å². The van der Waals surface area contributed by atoms with E-state index in [1.54, 1.807) is 35.2 Å². The van der Waals surface area contributed by atoms with Gasteiger partial charge in [0.15, 0.2) is 0 Å². The maximum absolute atomic E-state index is 12.8. The van der Waals surface area contributed by atoms with Crippen LogP contribution in [-0.4, -0.2) is 18.4 Å². The van der Waals surface area contributed by atoms with Crippen molar-refractivity contribution in [2.45, 2.75) is 6.92 Å². The Morgan fingerprint density at radius 2 is 1.86 bits per heavy atom. The molecule has 0 unspecified atom stereocenters. The van der Waals surface area contributed by atoms with E-state index in [2.05, 4.69) is 5.32 Å². The van der Waals surface area contributed by atoms with Gasteiger partial charge in [-0.15, -0.1) is 0 Å². The Morgan fingerprint density at radius 1 is 1.18 bits per heavy atom. The van der Waals surface area contributed by atoms with Crippen LogP contribution in [0.4, 0.5) is 11.4 Å². The third-order valence-electron chi connectivity index (χ3n) is 3.69. The molecule has 1 atom stereocenters. The minimum Gasteiger partial charge on any atom is -0.324 e. The number of nitrogens with one attached hydrogen (secondary N) is 1. The number of amides is 2. The van der Waals surface area contributed by atoms with E-state index in [9.17, 15) is 9.59 Å². The smallest absolute Gasteiger partial charge is 0.258 e. The van der Waals surface area contributed by atoms with Gasteiger partial charge in [0, 0.05) is 17.1 Å². The van der Waals surface area contributed by atoms with Crippen LogP contribution in [0.1, 0.15) is 17.3 Å². The van der Waals surface area contributed by atoms with Gasteiger partial charge in [0.25, 0.3) is 5.91 Å². The summed E-state index contributed by atoms with van der Waals surface area (Å²) in [4.78, 5) is 26.5. The van der Waals surface area contributed by atoms with Crippen molar-refractivity contribution in [1.29, 1.82) is 0 Å². The lowest BCUT2D eigenvalue weighted by Crippen LogP contribution is -2.35. The van der Waals surface area contributed by atoms with E-state index in [4.69, 9.17) is 11.6 Å². The molecule has 0 radical (unpaired) electrons. The van der Waals surface area contributed by atoms with E-state index in [1.807, 2.05) is 25.1 Å². The lowest BCUT2D eigenvalue weighted by Gasteiger charge is -2.23. The first-order valence-corrected chi connectivity index (χ1v) is 7.41. The normalized spacial score (nSPS) is 17.5. The van der Waals surface area contributed by atoms with Crippen LogP contribution in [0.5, 0.6) is 0 Å². The molecule has 1 N–H and O–H groups in total. The van der Waals surface area contributed by atoms with Crippen LogP contribution < -0.4 is 10.2 Å².